The smallest absolute Gasteiger partial charge is 0.228 e. The van der Waals surface area contributed by atoms with E-state index in [0.717, 1.165) is 13.1 Å². The maximum absolute atomic E-state index is 5.77. The van der Waals surface area contributed by atoms with Crippen molar-refractivity contribution in [2.75, 3.05) is 18.0 Å². The summed E-state index contributed by atoms with van der Waals surface area (Å²) in [6, 6.07) is 1.54. The van der Waals surface area contributed by atoms with Crippen molar-refractivity contribution in [3.05, 3.63) is 16.4 Å². The zero-order chi connectivity index (χ0) is 9.26. The number of hydrogen-bond donors (Lipinski definition) is 0. The Hall–Kier alpha value is -0.540. The molecule has 1 aromatic rings. The van der Waals surface area contributed by atoms with E-state index in [1.165, 1.54) is 12.8 Å². The molecule has 1 aliphatic heterocycles. The molecule has 1 fully saturated rings. The first-order valence-electron chi connectivity index (χ1n) is 4.21. The Morgan fingerprint density at radius 1 is 1.08 bits per heavy atom. The first-order chi connectivity index (χ1) is 6.25. The van der Waals surface area contributed by atoms with Gasteiger partial charge in [-0.3, -0.25) is 0 Å². The second kappa shape index (κ2) is 3.68. The summed E-state index contributed by atoms with van der Waals surface area (Å²) in [6.07, 6.45) is 2.38. The van der Waals surface area contributed by atoms with Crippen LogP contribution in [0.3, 0.4) is 0 Å². The van der Waals surface area contributed by atoms with Gasteiger partial charge in [-0.2, -0.15) is 0 Å². The maximum atomic E-state index is 5.77. The average molecular weight is 218 g/mol. The van der Waals surface area contributed by atoms with Gasteiger partial charge >= 0.3 is 0 Å². The molecule has 0 aliphatic carbocycles. The first-order valence-corrected chi connectivity index (χ1v) is 4.96. The minimum absolute atomic E-state index is 0.405. The van der Waals surface area contributed by atoms with Crippen LogP contribution >= 0.6 is 23.2 Å². The van der Waals surface area contributed by atoms with Crippen LogP contribution in [0.1, 0.15) is 12.8 Å². The lowest BCUT2D eigenvalue weighted by Crippen LogP contribution is -2.20. The fourth-order valence-electron chi connectivity index (χ4n) is 1.44. The van der Waals surface area contributed by atoms with Crippen molar-refractivity contribution in [2.45, 2.75) is 12.8 Å². The van der Waals surface area contributed by atoms with E-state index in [1.807, 2.05) is 0 Å². The number of anilines is 1. The Labute approximate surface area is 86.7 Å². The standard InChI is InChI=1S/C8H9Cl2N3/c9-6-5-7(10)12-8(11-6)13-3-1-2-4-13/h5H,1-4H2. The van der Waals surface area contributed by atoms with Crippen LogP contribution in [0.5, 0.6) is 0 Å². The van der Waals surface area contributed by atoms with Crippen LogP contribution in [-0.4, -0.2) is 23.1 Å². The Kier molecular flexibility index (Phi) is 2.56. The van der Waals surface area contributed by atoms with E-state index < -0.39 is 0 Å². The molecular weight excluding hydrogens is 209 g/mol. The first kappa shape index (κ1) is 9.03. The van der Waals surface area contributed by atoms with E-state index in [9.17, 15) is 0 Å². The third-order valence-electron chi connectivity index (χ3n) is 2.04. The van der Waals surface area contributed by atoms with Crippen molar-refractivity contribution in [2.24, 2.45) is 0 Å². The van der Waals surface area contributed by atoms with E-state index >= 15 is 0 Å². The largest absolute Gasteiger partial charge is 0.341 e. The summed E-state index contributed by atoms with van der Waals surface area (Å²) >= 11 is 11.5. The monoisotopic (exact) mass is 217 g/mol. The normalized spacial score (nSPS) is 16.6. The van der Waals surface area contributed by atoms with Crippen LogP contribution in [0, 0.1) is 0 Å². The molecule has 2 heterocycles. The summed E-state index contributed by atoms with van der Waals surface area (Å²) < 4.78 is 0. The van der Waals surface area contributed by atoms with Crippen molar-refractivity contribution >= 4 is 29.2 Å². The third kappa shape index (κ3) is 2.03. The third-order valence-corrected chi connectivity index (χ3v) is 2.43. The fourth-order valence-corrected chi connectivity index (χ4v) is 1.85. The summed E-state index contributed by atoms with van der Waals surface area (Å²) in [5, 5.41) is 0.809. The van der Waals surface area contributed by atoms with Gasteiger partial charge in [0.25, 0.3) is 0 Å². The molecule has 1 saturated heterocycles. The van der Waals surface area contributed by atoms with Gasteiger partial charge in [0.2, 0.25) is 5.95 Å². The number of halogens is 2. The Bertz CT molecular complexity index is 290. The van der Waals surface area contributed by atoms with Crippen LogP contribution < -0.4 is 4.90 Å². The van der Waals surface area contributed by atoms with Crippen molar-refractivity contribution in [1.29, 1.82) is 0 Å². The van der Waals surface area contributed by atoms with Crippen LogP contribution in [0.25, 0.3) is 0 Å². The number of hydrogen-bond acceptors (Lipinski definition) is 3. The molecule has 0 atom stereocenters. The molecule has 0 radical (unpaired) electrons. The van der Waals surface area contributed by atoms with Gasteiger partial charge in [-0.05, 0) is 12.8 Å². The summed E-state index contributed by atoms with van der Waals surface area (Å²) in [4.78, 5) is 10.3. The number of aromatic nitrogens is 2. The van der Waals surface area contributed by atoms with Crippen LogP contribution in [-0.2, 0) is 0 Å². The quantitative estimate of drug-likeness (QED) is 0.677. The minimum Gasteiger partial charge on any atom is -0.341 e. The Balaban J connectivity index is 2.28. The molecule has 0 amide bonds. The molecule has 0 aromatic carbocycles. The number of rotatable bonds is 1. The van der Waals surface area contributed by atoms with Gasteiger partial charge in [0.1, 0.15) is 10.3 Å². The summed E-state index contributed by atoms with van der Waals surface area (Å²) in [5.41, 5.74) is 0. The fraction of sp³-hybridized carbons (Fsp3) is 0.500. The predicted octanol–water partition coefficient (Wildman–Crippen LogP) is 2.38. The molecule has 0 N–H and O–H groups in total. The molecule has 5 heteroatoms. The number of nitrogens with zero attached hydrogens (tertiary/aromatic N) is 3. The van der Waals surface area contributed by atoms with Gasteiger partial charge in [-0.1, -0.05) is 23.2 Å². The van der Waals surface area contributed by atoms with Gasteiger partial charge in [0.15, 0.2) is 0 Å². The lowest BCUT2D eigenvalue weighted by molar-refractivity contribution is 0.899. The zero-order valence-electron chi connectivity index (χ0n) is 7.00. The van der Waals surface area contributed by atoms with E-state index in [2.05, 4.69) is 14.9 Å². The molecular formula is C8H9Cl2N3. The van der Waals surface area contributed by atoms with Gasteiger partial charge in [0.05, 0.1) is 0 Å². The molecule has 1 aromatic heterocycles. The second-order valence-corrected chi connectivity index (χ2v) is 3.78. The van der Waals surface area contributed by atoms with Crippen molar-refractivity contribution in [3.8, 4) is 0 Å². The van der Waals surface area contributed by atoms with Crippen molar-refractivity contribution in [3.63, 3.8) is 0 Å². The molecule has 0 spiro atoms. The van der Waals surface area contributed by atoms with Gasteiger partial charge in [0, 0.05) is 19.2 Å². The topological polar surface area (TPSA) is 29.0 Å². The summed E-state index contributed by atoms with van der Waals surface area (Å²) in [5.74, 6) is 0.648. The van der Waals surface area contributed by atoms with Crippen molar-refractivity contribution in [1.82, 2.24) is 9.97 Å². The van der Waals surface area contributed by atoms with Crippen molar-refractivity contribution < 1.29 is 0 Å². The van der Waals surface area contributed by atoms with E-state index in [0.29, 0.717) is 16.3 Å². The maximum Gasteiger partial charge on any atom is 0.228 e. The molecule has 3 nitrogen and oxygen atoms in total. The van der Waals surface area contributed by atoms with E-state index in [4.69, 9.17) is 23.2 Å². The highest BCUT2D eigenvalue weighted by molar-refractivity contribution is 6.33. The molecule has 0 saturated carbocycles. The van der Waals surface area contributed by atoms with Gasteiger partial charge < -0.3 is 4.90 Å². The highest BCUT2D eigenvalue weighted by Gasteiger charge is 2.15. The SMILES string of the molecule is Clc1cc(Cl)nc(N2CCCC2)n1. The molecule has 1 aliphatic rings. The highest BCUT2D eigenvalue weighted by Crippen LogP contribution is 2.20. The Morgan fingerprint density at radius 3 is 2.15 bits per heavy atom. The zero-order valence-corrected chi connectivity index (χ0v) is 8.52. The van der Waals surface area contributed by atoms with Crippen LogP contribution in [0.2, 0.25) is 10.3 Å². The lowest BCUT2D eigenvalue weighted by atomic mass is 10.4. The highest BCUT2D eigenvalue weighted by atomic mass is 35.5. The summed E-state index contributed by atoms with van der Waals surface area (Å²) in [6.45, 7) is 1.99. The van der Waals surface area contributed by atoms with Gasteiger partial charge in [-0.25, -0.2) is 9.97 Å². The average Bonchev–Trinajstić information content (AvgIpc) is 2.53. The minimum atomic E-state index is 0.405. The van der Waals surface area contributed by atoms with E-state index in [1.54, 1.807) is 6.07 Å². The van der Waals surface area contributed by atoms with Crippen LogP contribution in [0.4, 0.5) is 5.95 Å². The summed E-state index contributed by atoms with van der Waals surface area (Å²) in [7, 11) is 0. The van der Waals surface area contributed by atoms with Gasteiger partial charge in [-0.15, -0.1) is 0 Å². The Morgan fingerprint density at radius 2 is 1.62 bits per heavy atom. The second-order valence-electron chi connectivity index (χ2n) is 3.01. The molecule has 0 bridgehead atoms. The lowest BCUT2D eigenvalue weighted by Gasteiger charge is -2.14. The predicted molar refractivity (Wildman–Crippen MR) is 53.5 cm³/mol. The molecule has 0 unspecified atom stereocenters. The molecule has 13 heavy (non-hydrogen) atoms. The molecule has 2 rings (SSSR count). The van der Waals surface area contributed by atoms with Crippen LogP contribution in [0.15, 0.2) is 6.07 Å². The molecule has 70 valence electrons. The van der Waals surface area contributed by atoms with E-state index in [-0.39, 0.29) is 0 Å².